The van der Waals surface area contributed by atoms with Gasteiger partial charge in [0.25, 0.3) is 0 Å². The molecule has 0 saturated carbocycles. The Morgan fingerprint density at radius 1 is 1.24 bits per heavy atom. The Labute approximate surface area is 134 Å². The lowest BCUT2D eigenvalue weighted by molar-refractivity contribution is -0.122. The van der Waals surface area contributed by atoms with Crippen molar-refractivity contribution < 1.29 is 14.4 Å². The van der Waals surface area contributed by atoms with Crippen molar-refractivity contribution in [3.05, 3.63) is 10.3 Å². The fourth-order valence-electron chi connectivity index (χ4n) is 2.05. The molecule has 0 aromatic rings. The SMILES string of the molecule is CCC(=O)CCC(CCC(=O)NC)C(=O)C1=CSCCS1. The van der Waals surface area contributed by atoms with Gasteiger partial charge in [0.1, 0.15) is 5.78 Å². The summed E-state index contributed by atoms with van der Waals surface area (Å²) in [5.74, 6) is 1.95. The lowest BCUT2D eigenvalue weighted by atomic mass is 9.91. The number of nitrogens with one attached hydrogen (secondary N) is 1. The number of carbonyl (C=O) groups excluding carboxylic acids is 3. The molecule has 0 bridgehead atoms. The molecule has 0 spiro atoms. The number of carbonyl (C=O) groups is 3. The summed E-state index contributed by atoms with van der Waals surface area (Å²) < 4.78 is 0. The molecule has 1 amide bonds. The minimum atomic E-state index is -0.227. The Kier molecular flexibility index (Phi) is 8.76. The highest BCUT2D eigenvalue weighted by Gasteiger charge is 2.24. The first kappa shape index (κ1) is 18.3. The number of Topliss-reactive ketones (excluding diaryl/α,β-unsaturated/α-hetero) is 2. The summed E-state index contributed by atoms with van der Waals surface area (Å²) in [6.45, 7) is 1.83. The Morgan fingerprint density at radius 2 is 1.95 bits per heavy atom. The number of thioether (sulfide) groups is 2. The Bertz CT molecular complexity index is 401. The van der Waals surface area contributed by atoms with Gasteiger partial charge in [0, 0.05) is 43.7 Å². The van der Waals surface area contributed by atoms with Gasteiger partial charge in [-0.2, -0.15) is 0 Å². The number of amides is 1. The number of hydrogen-bond donors (Lipinski definition) is 1. The van der Waals surface area contributed by atoms with Crippen molar-refractivity contribution in [3.63, 3.8) is 0 Å². The molecule has 1 N–H and O–H groups in total. The molecule has 1 aliphatic heterocycles. The molecule has 6 heteroatoms. The van der Waals surface area contributed by atoms with E-state index in [4.69, 9.17) is 0 Å². The van der Waals surface area contributed by atoms with Crippen LogP contribution in [0.4, 0.5) is 0 Å². The van der Waals surface area contributed by atoms with Gasteiger partial charge in [-0.05, 0) is 18.2 Å². The van der Waals surface area contributed by atoms with Gasteiger partial charge in [0.2, 0.25) is 5.91 Å². The zero-order valence-electron chi connectivity index (χ0n) is 12.6. The van der Waals surface area contributed by atoms with Crippen molar-refractivity contribution >= 4 is 41.0 Å². The Balaban J connectivity index is 2.64. The van der Waals surface area contributed by atoms with E-state index in [0.29, 0.717) is 32.1 Å². The van der Waals surface area contributed by atoms with Crippen LogP contribution < -0.4 is 5.32 Å². The van der Waals surface area contributed by atoms with Gasteiger partial charge in [0.05, 0.1) is 4.91 Å². The van der Waals surface area contributed by atoms with E-state index < -0.39 is 0 Å². The highest BCUT2D eigenvalue weighted by molar-refractivity contribution is 8.10. The first-order valence-electron chi connectivity index (χ1n) is 7.29. The van der Waals surface area contributed by atoms with E-state index in [0.717, 1.165) is 16.4 Å². The van der Waals surface area contributed by atoms with Crippen molar-refractivity contribution in [2.75, 3.05) is 18.6 Å². The quantitative estimate of drug-likeness (QED) is 0.705. The third kappa shape index (κ3) is 6.70. The van der Waals surface area contributed by atoms with E-state index in [9.17, 15) is 14.4 Å². The Hall–Kier alpha value is -0.750. The van der Waals surface area contributed by atoms with E-state index in [1.807, 2.05) is 12.3 Å². The molecule has 0 aromatic carbocycles. The summed E-state index contributed by atoms with van der Waals surface area (Å²) in [5.41, 5.74) is 0. The number of allylic oxidation sites excluding steroid dienone is 1. The van der Waals surface area contributed by atoms with Crippen molar-refractivity contribution in [3.8, 4) is 0 Å². The van der Waals surface area contributed by atoms with Crippen LogP contribution in [0.25, 0.3) is 0 Å². The molecule has 0 fully saturated rings. The summed E-state index contributed by atoms with van der Waals surface area (Å²) in [5, 5.41) is 4.50. The molecule has 0 saturated heterocycles. The van der Waals surface area contributed by atoms with Crippen molar-refractivity contribution in [2.45, 2.75) is 39.0 Å². The molecule has 0 radical (unpaired) electrons. The van der Waals surface area contributed by atoms with Crippen molar-refractivity contribution in [2.24, 2.45) is 5.92 Å². The molecule has 0 aliphatic carbocycles. The maximum absolute atomic E-state index is 12.6. The lowest BCUT2D eigenvalue weighted by Crippen LogP contribution is -2.23. The lowest BCUT2D eigenvalue weighted by Gasteiger charge is -2.18. The predicted molar refractivity (Wildman–Crippen MR) is 89.3 cm³/mol. The van der Waals surface area contributed by atoms with Crippen LogP contribution in [0.15, 0.2) is 10.3 Å². The smallest absolute Gasteiger partial charge is 0.219 e. The minimum absolute atomic E-state index is 0.0609. The van der Waals surface area contributed by atoms with E-state index in [1.54, 1.807) is 30.6 Å². The number of hydrogen-bond acceptors (Lipinski definition) is 5. The van der Waals surface area contributed by atoms with E-state index in [2.05, 4.69) is 5.32 Å². The van der Waals surface area contributed by atoms with E-state index in [1.165, 1.54) is 0 Å². The van der Waals surface area contributed by atoms with Gasteiger partial charge in [-0.15, -0.1) is 23.5 Å². The fourth-order valence-corrected chi connectivity index (χ4v) is 4.16. The molecule has 1 heterocycles. The van der Waals surface area contributed by atoms with Crippen LogP contribution >= 0.6 is 23.5 Å². The standard InChI is InChI=1S/C15H23NO3S2/c1-3-12(17)6-4-11(5-7-14(18)16-2)15(19)13-10-20-8-9-21-13/h10-11H,3-9H2,1-2H3,(H,16,18). The second-order valence-corrected chi connectivity index (χ2v) is 7.02. The minimum Gasteiger partial charge on any atom is -0.359 e. The van der Waals surface area contributed by atoms with E-state index in [-0.39, 0.29) is 23.4 Å². The normalized spacial score (nSPS) is 16.0. The molecule has 0 aromatic heterocycles. The van der Waals surface area contributed by atoms with Crippen LogP contribution in [0.3, 0.4) is 0 Å². The highest BCUT2D eigenvalue weighted by atomic mass is 32.2. The van der Waals surface area contributed by atoms with Crippen LogP contribution in [0.1, 0.15) is 39.0 Å². The Morgan fingerprint density at radius 3 is 2.52 bits per heavy atom. The number of ketones is 2. The van der Waals surface area contributed by atoms with Crippen LogP contribution in [0, 0.1) is 5.92 Å². The first-order valence-corrected chi connectivity index (χ1v) is 9.33. The summed E-state index contributed by atoms with van der Waals surface area (Å²) in [4.78, 5) is 36.2. The van der Waals surface area contributed by atoms with Gasteiger partial charge in [-0.1, -0.05) is 6.92 Å². The van der Waals surface area contributed by atoms with Crippen LogP contribution in [0.2, 0.25) is 0 Å². The van der Waals surface area contributed by atoms with Crippen LogP contribution in [-0.4, -0.2) is 36.0 Å². The molecule has 1 aliphatic rings. The maximum atomic E-state index is 12.6. The first-order chi connectivity index (χ1) is 10.1. The third-order valence-electron chi connectivity index (χ3n) is 3.43. The highest BCUT2D eigenvalue weighted by Crippen LogP contribution is 2.31. The molecule has 1 atom stereocenters. The average molecular weight is 329 g/mol. The topological polar surface area (TPSA) is 63.2 Å². The zero-order chi connectivity index (χ0) is 15.7. The monoisotopic (exact) mass is 329 g/mol. The largest absolute Gasteiger partial charge is 0.359 e. The molecular formula is C15H23NO3S2. The van der Waals surface area contributed by atoms with Crippen LogP contribution in [0.5, 0.6) is 0 Å². The summed E-state index contributed by atoms with van der Waals surface area (Å²) in [6.07, 6.45) is 2.32. The molecule has 1 unspecified atom stereocenters. The summed E-state index contributed by atoms with van der Waals surface area (Å²) in [7, 11) is 1.59. The second-order valence-electron chi connectivity index (χ2n) is 4.91. The molecular weight excluding hydrogens is 306 g/mol. The third-order valence-corrected chi connectivity index (χ3v) is 5.72. The van der Waals surface area contributed by atoms with Gasteiger partial charge in [-0.3, -0.25) is 14.4 Å². The zero-order valence-corrected chi connectivity index (χ0v) is 14.3. The van der Waals surface area contributed by atoms with Crippen LogP contribution in [-0.2, 0) is 14.4 Å². The fraction of sp³-hybridized carbons (Fsp3) is 0.667. The number of rotatable bonds is 9. The second kappa shape index (κ2) is 10.1. The van der Waals surface area contributed by atoms with Gasteiger partial charge in [0.15, 0.2) is 5.78 Å². The molecule has 118 valence electrons. The summed E-state index contributed by atoms with van der Waals surface area (Å²) in [6, 6.07) is 0. The van der Waals surface area contributed by atoms with Crippen molar-refractivity contribution in [1.29, 1.82) is 0 Å². The molecule has 1 rings (SSSR count). The van der Waals surface area contributed by atoms with Gasteiger partial charge in [-0.25, -0.2) is 0 Å². The van der Waals surface area contributed by atoms with Gasteiger partial charge < -0.3 is 5.32 Å². The van der Waals surface area contributed by atoms with E-state index >= 15 is 0 Å². The predicted octanol–water partition coefficient (Wildman–Crippen LogP) is 2.78. The summed E-state index contributed by atoms with van der Waals surface area (Å²) >= 11 is 3.24. The molecule has 4 nitrogen and oxygen atoms in total. The van der Waals surface area contributed by atoms with Gasteiger partial charge >= 0.3 is 0 Å². The maximum Gasteiger partial charge on any atom is 0.219 e. The van der Waals surface area contributed by atoms with Crippen molar-refractivity contribution in [1.82, 2.24) is 5.32 Å². The average Bonchev–Trinajstić information content (AvgIpc) is 2.54. The molecule has 21 heavy (non-hydrogen) atoms.